The van der Waals surface area contributed by atoms with Gasteiger partial charge in [0.15, 0.2) is 6.10 Å². The molecule has 1 rings (SSSR count). The normalized spacial score (nSPS) is 11.9. The number of benzene rings is 1. The molecule has 1 aromatic carbocycles. The number of ether oxygens (including phenoxy) is 1. The Kier molecular flexibility index (Phi) is 4.34. The van der Waals surface area contributed by atoms with Crippen LogP contribution in [0, 0.1) is 0 Å². The topological polar surface area (TPSA) is 95.4 Å². The Morgan fingerprint density at radius 2 is 2.12 bits per heavy atom. The summed E-state index contributed by atoms with van der Waals surface area (Å²) in [6, 6.07) is 4.43. The summed E-state index contributed by atoms with van der Waals surface area (Å²) >= 11 is 5.82. The predicted octanol–water partition coefficient (Wildman–Crippen LogP) is 1.34. The number of halogens is 1. The Morgan fingerprint density at radius 1 is 1.47 bits per heavy atom. The van der Waals surface area contributed by atoms with Crippen molar-refractivity contribution in [2.75, 3.05) is 5.73 Å². The van der Waals surface area contributed by atoms with E-state index >= 15 is 0 Å². The van der Waals surface area contributed by atoms with E-state index in [1.165, 1.54) is 12.1 Å². The van der Waals surface area contributed by atoms with Crippen molar-refractivity contribution in [3.63, 3.8) is 0 Å². The van der Waals surface area contributed by atoms with Crippen LogP contribution in [0.3, 0.4) is 0 Å². The van der Waals surface area contributed by atoms with Crippen LogP contribution in [0.1, 0.15) is 23.7 Å². The van der Waals surface area contributed by atoms with E-state index in [-0.39, 0.29) is 10.6 Å². The fraction of sp³-hybridized carbons (Fsp3) is 0.273. The zero-order valence-electron chi connectivity index (χ0n) is 9.27. The highest BCUT2D eigenvalue weighted by molar-refractivity contribution is 6.33. The second kappa shape index (κ2) is 5.54. The molecule has 0 fully saturated rings. The van der Waals surface area contributed by atoms with Gasteiger partial charge in [0, 0.05) is 5.69 Å². The van der Waals surface area contributed by atoms with Crippen molar-refractivity contribution < 1.29 is 14.3 Å². The monoisotopic (exact) mass is 256 g/mol. The minimum Gasteiger partial charge on any atom is -0.449 e. The van der Waals surface area contributed by atoms with Gasteiger partial charge in [-0.3, -0.25) is 4.79 Å². The zero-order valence-corrected chi connectivity index (χ0v) is 10.0. The average molecular weight is 257 g/mol. The summed E-state index contributed by atoms with van der Waals surface area (Å²) < 4.78 is 4.93. The van der Waals surface area contributed by atoms with Crippen LogP contribution in [-0.4, -0.2) is 18.0 Å². The number of rotatable bonds is 4. The molecule has 1 atom stereocenters. The Hall–Kier alpha value is -1.75. The third-order valence-corrected chi connectivity index (χ3v) is 2.48. The molecule has 1 aromatic rings. The van der Waals surface area contributed by atoms with Gasteiger partial charge in [0.2, 0.25) is 0 Å². The molecule has 5 nitrogen and oxygen atoms in total. The summed E-state index contributed by atoms with van der Waals surface area (Å²) in [6.07, 6.45) is -0.652. The molecule has 4 N–H and O–H groups in total. The molecule has 1 amide bonds. The van der Waals surface area contributed by atoms with Crippen LogP contribution in [0.2, 0.25) is 5.02 Å². The van der Waals surface area contributed by atoms with Crippen molar-refractivity contribution in [2.45, 2.75) is 19.4 Å². The van der Waals surface area contributed by atoms with Crippen LogP contribution in [0.25, 0.3) is 0 Å². The summed E-state index contributed by atoms with van der Waals surface area (Å²) in [5.74, 6) is -1.41. The van der Waals surface area contributed by atoms with E-state index in [1.807, 2.05) is 0 Å². The van der Waals surface area contributed by atoms with E-state index < -0.39 is 18.0 Å². The number of hydrogen-bond acceptors (Lipinski definition) is 4. The number of hydrogen-bond donors (Lipinski definition) is 2. The summed E-state index contributed by atoms with van der Waals surface area (Å²) in [6.45, 7) is 1.68. The molecule has 0 spiro atoms. The molecular weight excluding hydrogens is 244 g/mol. The van der Waals surface area contributed by atoms with Crippen molar-refractivity contribution in [1.82, 2.24) is 0 Å². The number of nitrogens with two attached hydrogens (primary N) is 2. The maximum atomic E-state index is 11.7. The van der Waals surface area contributed by atoms with Gasteiger partial charge in [0.1, 0.15) is 0 Å². The standard InChI is InChI=1S/C11H13ClN2O3/c1-2-9(10(14)15)17-11(16)7-5-6(13)3-4-8(7)12/h3-5,9H,2,13H2,1H3,(H2,14,15). The molecule has 0 saturated heterocycles. The number of esters is 1. The van der Waals surface area contributed by atoms with Gasteiger partial charge in [-0.25, -0.2) is 4.79 Å². The zero-order chi connectivity index (χ0) is 13.0. The van der Waals surface area contributed by atoms with Gasteiger partial charge in [0.05, 0.1) is 10.6 Å². The van der Waals surface area contributed by atoms with E-state index in [9.17, 15) is 9.59 Å². The molecule has 0 aromatic heterocycles. The van der Waals surface area contributed by atoms with Crippen molar-refractivity contribution in [3.8, 4) is 0 Å². The maximum Gasteiger partial charge on any atom is 0.340 e. The fourth-order valence-electron chi connectivity index (χ4n) is 1.23. The lowest BCUT2D eigenvalue weighted by Gasteiger charge is -2.13. The number of primary amides is 1. The second-order valence-corrected chi connectivity index (χ2v) is 3.85. The SMILES string of the molecule is CCC(OC(=O)c1cc(N)ccc1Cl)C(N)=O. The van der Waals surface area contributed by atoms with Crippen LogP contribution in [0.15, 0.2) is 18.2 Å². The van der Waals surface area contributed by atoms with Gasteiger partial charge in [-0.1, -0.05) is 18.5 Å². The Morgan fingerprint density at radius 3 is 2.65 bits per heavy atom. The fourth-order valence-corrected chi connectivity index (χ4v) is 1.43. The lowest BCUT2D eigenvalue weighted by Crippen LogP contribution is -2.32. The van der Waals surface area contributed by atoms with Gasteiger partial charge in [-0.15, -0.1) is 0 Å². The molecule has 0 saturated carbocycles. The van der Waals surface area contributed by atoms with E-state index in [0.717, 1.165) is 0 Å². The molecule has 0 aliphatic carbocycles. The molecule has 0 radical (unpaired) electrons. The van der Waals surface area contributed by atoms with E-state index in [1.54, 1.807) is 13.0 Å². The minimum atomic E-state index is -0.958. The molecule has 0 bridgehead atoms. The molecular formula is C11H13ClN2O3. The van der Waals surface area contributed by atoms with Gasteiger partial charge >= 0.3 is 5.97 Å². The number of nitrogen functional groups attached to an aromatic ring is 1. The highest BCUT2D eigenvalue weighted by Crippen LogP contribution is 2.20. The first-order valence-corrected chi connectivity index (χ1v) is 5.38. The highest BCUT2D eigenvalue weighted by Gasteiger charge is 2.20. The van der Waals surface area contributed by atoms with Gasteiger partial charge in [-0.2, -0.15) is 0 Å². The van der Waals surface area contributed by atoms with Crippen molar-refractivity contribution in [1.29, 1.82) is 0 Å². The third kappa shape index (κ3) is 3.35. The second-order valence-electron chi connectivity index (χ2n) is 3.44. The molecule has 1 unspecified atom stereocenters. The Labute approximate surface area is 104 Å². The van der Waals surface area contributed by atoms with Crippen LogP contribution in [-0.2, 0) is 9.53 Å². The summed E-state index contributed by atoms with van der Waals surface area (Å²) in [5, 5.41) is 0.212. The number of amides is 1. The first-order valence-electron chi connectivity index (χ1n) is 5.01. The molecule has 17 heavy (non-hydrogen) atoms. The third-order valence-electron chi connectivity index (χ3n) is 2.15. The van der Waals surface area contributed by atoms with Crippen LogP contribution in [0.5, 0.6) is 0 Å². The van der Waals surface area contributed by atoms with Gasteiger partial charge in [-0.05, 0) is 24.6 Å². The average Bonchev–Trinajstić information content (AvgIpc) is 2.28. The van der Waals surface area contributed by atoms with Crippen LogP contribution in [0.4, 0.5) is 5.69 Å². The summed E-state index contributed by atoms with van der Waals surface area (Å²) in [5.41, 5.74) is 11.1. The molecule has 92 valence electrons. The summed E-state index contributed by atoms with van der Waals surface area (Å²) in [4.78, 5) is 22.7. The Bertz CT molecular complexity index is 448. The predicted molar refractivity (Wildman–Crippen MR) is 64.6 cm³/mol. The maximum absolute atomic E-state index is 11.7. The van der Waals surface area contributed by atoms with Crippen LogP contribution < -0.4 is 11.5 Å². The van der Waals surface area contributed by atoms with Crippen molar-refractivity contribution in [2.24, 2.45) is 5.73 Å². The Balaban J connectivity index is 2.89. The number of carbonyl (C=O) groups is 2. The minimum absolute atomic E-state index is 0.117. The quantitative estimate of drug-likeness (QED) is 0.628. The largest absolute Gasteiger partial charge is 0.449 e. The number of anilines is 1. The van der Waals surface area contributed by atoms with Crippen molar-refractivity contribution >= 4 is 29.2 Å². The number of carbonyl (C=O) groups excluding carboxylic acids is 2. The van der Waals surface area contributed by atoms with E-state index in [0.29, 0.717) is 12.1 Å². The lowest BCUT2D eigenvalue weighted by atomic mass is 10.2. The van der Waals surface area contributed by atoms with E-state index in [2.05, 4.69) is 0 Å². The van der Waals surface area contributed by atoms with E-state index in [4.69, 9.17) is 27.8 Å². The summed E-state index contributed by atoms with van der Waals surface area (Å²) in [7, 11) is 0. The van der Waals surface area contributed by atoms with Gasteiger partial charge < -0.3 is 16.2 Å². The first kappa shape index (κ1) is 13.3. The van der Waals surface area contributed by atoms with Gasteiger partial charge in [0.25, 0.3) is 5.91 Å². The molecule has 0 aliphatic rings. The lowest BCUT2D eigenvalue weighted by molar-refractivity contribution is -0.126. The highest BCUT2D eigenvalue weighted by atomic mass is 35.5. The molecule has 0 heterocycles. The van der Waals surface area contributed by atoms with Crippen LogP contribution >= 0.6 is 11.6 Å². The first-order chi connectivity index (χ1) is 7.95. The smallest absolute Gasteiger partial charge is 0.340 e. The molecule has 0 aliphatic heterocycles. The van der Waals surface area contributed by atoms with Crippen molar-refractivity contribution in [3.05, 3.63) is 28.8 Å². The molecule has 6 heteroatoms.